The van der Waals surface area contributed by atoms with Crippen LogP contribution in [0.3, 0.4) is 0 Å². The highest BCUT2D eigenvalue weighted by atomic mass is 16.5. The zero-order valence-corrected chi connectivity index (χ0v) is 17.8. The molecule has 0 saturated carbocycles. The molecule has 5 heterocycles. The maximum absolute atomic E-state index is 12.8. The first-order valence-electron chi connectivity index (χ1n) is 10.3. The highest BCUT2D eigenvalue weighted by Crippen LogP contribution is 2.29. The van der Waals surface area contributed by atoms with Crippen molar-refractivity contribution in [3.8, 4) is 5.88 Å². The third-order valence-electron chi connectivity index (χ3n) is 5.72. The number of aromatic nitrogens is 4. The minimum atomic E-state index is -0.399. The Balaban J connectivity index is 1.39. The van der Waals surface area contributed by atoms with E-state index in [1.807, 2.05) is 25.3 Å². The van der Waals surface area contributed by atoms with Crippen LogP contribution in [0, 0.1) is 6.92 Å². The molecule has 1 aliphatic rings. The number of aryl methyl sites for hydroxylation is 1. The number of carbonyl (C=O) groups is 1. The molecule has 5 rings (SSSR count). The molecule has 0 aromatic carbocycles. The Hall–Kier alpha value is -3.46. The van der Waals surface area contributed by atoms with Gasteiger partial charge in [-0.3, -0.25) is 9.20 Å². The number of fused-ring (bicyclic) bond motifs is 2. The number of hydrogen-bond acceptors (Lipinski definition) is 7. The molecule has 0 aliphatic carbocycles. The number of nitrogens with zero attached hydrogens (tertiary/aromatic N) is 5. The number of furan rings is 1. The molecular formula is C22H24N6O3. The third-order valence-corrected chi connectivity index (χ3v) is 5.72. The molecule has 1 aliphatic heterocycles. The van der Waals surface area contributed by atoms with Gasteiger partial charge in [0, 0.05) is 23.9 Å². The number of pyridine rings is 1. The number of nitrogens with one attached hydrogen (secondary N) is 1. The van der Waals surface area contributed by atoms with Crippen LogP contribution in [0.15, 0.2) is 35.0 Å². The van der Waals surface area contributed by atoms with Crippen molar-refractivity contribution in [3.63, 3.8) is 0 Å². The van der Waals surface area contributed by atoms with Gasteiger partial charge in [-0.2, -0.15) is 4.98 Å². The van der Waals surface area contributed by atoms with Crippen molar-refractivity contribution in [1.82, 2.24) is 24.3 Å². The lowest BCUT2D eigenvalue weighted by Gasteiger charge is -2.28. The first-order chi connectivity index (χ1) is 15.0. The molecule has 4 aromatic rings. The molecule has 1 saturated heterocycles. The fourth-order valence-electron chi connectivity index (χ4n) is 4.05. The van der Waals surface area contributed by atoms with Crippen LogP contribution in [0.25, 0.3) is 16.7 Å². The lowest BCUT2D eigenvalue weighted by Crippen LogP contribution is -2.29. The number of hydrogen-bond donors (Lipinski definition) is 1. The Morgan fingerprint density at radius 2 is 2.00 bits per heavy atom. The zero-order valence-electron chi connectivity index (χ0n) is 17.8. The number of rotatable bonds is 4. The van der Waals surface area contributed by atoms with Crippen LogP contribution in [0.4, 0.5) is 5.82 Å². The Morgan fingerprint density at radius 3 is 2.77 bits per heavy atom. The van der Waals surface area contributed by atoms with Gasteiger partial charge in [0.1, 0.15) is 5.52 Å². The number of anilines is 1. The van der Waals surface area contributed by atoms with E-state index in [2.05, 4.69) is 27.2 Å². The molecular weight excluding hydrogens is 396 g/mol. The number of likely N-dealkylation sites (tertiary alicyclic amines) is 1. The number of amides is 1. The maximum Gasteiger partial charge on any atom is 0.292 e. The smallest absolute Gasteiger partial charge is 0.292 e. The van der Waals surface area contributed by atoms with E-state index in [0.717, 1.165) is 37.3 Å². The number of methoxy groups -OCH3 is 1. The first-order valence-corrected chi connectivity index (χ1v) is 10.3. The molecule has 160 valence electrons. The van der Waals surface area contributed by atoms with Gasteiger partial charge in [-0.25, -0.2) is 9.97 Å². The van der Waals surface area contributed by atoms with E-state index in [0.29, 0.717) is 34.4 Å². The second kappa shape index (κ2) is 7.66. The lowest BCUT2D eigenvalue weighted by molar-refractivity contribution is 0.0998. The lowest BCUT2D eigenvalue weighted by atomic mass is 9.93. The van der Waals surface area contributed by atoms with Gasteiger partial charge in [0.15, 0.2) is 17.2 Å². The van der Waals surface area contributed by atoms with Gasteiger partial charge in [-0.15, -0.1) is 0 Å². The van der Waals surface area contributed by atoms with Crippen LogP contribution < -0.4 is 10.1 Å². The summed E-state index contributed by atoms with van der Waals surface area (Å²) in [6.07, 6.45) is 5.70. The van der Waals surface area contributed by atoms with Crippen molar-refractivity contribution < 1.29 is 13.9 Å². The third kappa shape index (κ3) is 3.72. The van der Waals surface area contributed by atoms with E-state index in [9.17, 15) is 4.79 Å². The van der Waals surface area contributed by atoms with E-state index in [1.165, 1.54) is 7.11 Å². The van der Waals surface area contributed by atoms with Gasteiger partial charge in [-0.05, 0) is 52.0 Å². The van der Waals surface area contributed by atoms with Crippen molar-refractivity contribution in [1.29, 1.82) is 0 Å². The van der Waals surface area contributed by atoms with Crippen LogP contribution in [-0.4, -0.2) is 57.4 Å². The molecule has 4 aromatic heterocycles. The van der Waals surface area contributed by atoms with E-state index in [-0.39, 0.29) is 5.76 Å². The largest absolute Gasteiger partial charge is 0.478 e. The monoisotopic (exact) mass is 420 g/mol. The Morgan fingerprint density at radius 1 is 1.19 bits per heavy atom. The predicted molar refractivity (Wildman–Crippen MR) is 116 cm³/mol. The molecule has 9 nitrogen and oxygen atoms in total. The molecule has 0 bridgehead atoms. The second-order valence-electron chi connectivity index (χ2n) is 8.01. The normalized spacial score (nSPS) is 15.6. The molecule has 1 fully saturated rings. The molecule has 0 atom stereocenters. The second-order valence-corrected chi connectivity index (χ2v) is 8.01. The average molecular weight is 420 g/mol. The topological polar surface area (TPSA) is 97.8 Å². The van der Waals surface area contributed by atoms with Gasteiger partial charge < -0.3 is 19.4 Å². The van der Waals surface area contributed by atoms with Crippen LogP contribution in [0.5, 0.6) is 5.88 Å². The summed E-state index contributed by atoms with van der Waals surface area (Å²) in [5.41, 5.74) is 3.75. The Kier molecular flexibility index (Phi) is 4.82. The summed E-state index contributed by atoms with van der Waals surface area (Å²) < 4.78 is 12.8. The summed E-state index contributed by atoms with van der Waals surface area (Å²) in [4.78, 5) is 28.6. The van der Waals surface area contributed by atoms with E-state index < -0.39 is 5.91 Å². The Labute approximate surface area is 179 Å². The van der Waals surface area contributed by atoms with Gasteiger partial charge in [0.05, 0.1) is 19.0 Å². The zero-order chi connectivity index (χ0) is 21.5. The number of imidazole rings is 1. The summed E-state index contributed by atoms with van der Waals surface area (Å²) in [5.74, 6) is 0.900. The molecule has 1 N–H and O–H groups in total. The van der Waals surface area contributed by atoms with Crippen molar-refractivity contribution in [2.24, 2.45) is 0 Å². The summed E-state index contributed by atoms with van der Waals surface area (Å²) in [6, 6.07) is 5.58. The Bertz CT molecular complexity index is 1270. The molecule has 0 spiro atoms. The number of carbonyl (C=O) groups excluding carboxylic acids is 1. The first kappa shape index (κ1) is 19.5. The fraction of sp³-hybridized carbons (Fsp3) is 0.364. The highest BCUT2D eigenvalue weighted by Gasteiger charge is 2.21. The quantitative estimate of drug-likeness (QED) is 0.541. The fourth-order valence-corrected chi connectivity index (χ4v) is 4.05. The van der Waals surface area contributed by atoms with Gasteiger partial charge >= 0.3 is 0 Å². The van der Waals surface area contributed by atoms with Gasteiger partial charge in [0.25, 0.3) is 11.8 Å². The average Bonchev–Trinajstić information content (AvgIpc) is 3.35. The number of piperidine rings is 1. The van der Waals surface area contributed by atoms with Gasteiger partial charge in [-0.1, -0.05) is 0 Å². The van der Waals surface area contributed by atoms with Crippen LogP contribution in [-0.2, 0) is 0 Å². The minimum Gasteiger partial charge on any atom is -0.478 e. The summed E-state index contributed by atoms with van der Waals surface area (Å²) in [5, 5.41) is 2.77. The molecule has 9 heteroatoms. The SMILES string of the molecule is COc1nc(NC(=O)c2cc3nc(C4CCN(C)CC4)ccc3o2)cn2cc(C)nc12. The van der Waals surface area contributed by atoms with Crippen molar-refractivity contribution in [3.05, 3.63) is 47.7 Å². The van der Waals surface area contributed by atoms with Crippen LogP contribution in [0.2, 0.25) is 0 Å². The molecule has 0 unspecified atom stereocenters. The maximum atomic E-state index is 12.8. The standard InChI is InChI=1S/C22H24N6O3/c1-13-11-28-12-19(26-22(30-3)20(28)23-13)25-21(29)18-10-16-17(31-18)5-4-15(24-16)14-6-8-27(2)9-7-14/h4-5,10-12,14H,6-9H2,1-3H3,(H,25,29). The molecule has 0 radical (unpaired) electrons. The summed E-state index contributed by atoms with van der Waals surface area (Å²) in [7, 11) is 3.66. The van der Waals surface area contributed by atoms with Crippen molar-refractivity contribution in [2.45, 2.75) is 25.7 Å². The number of ether oxygens (including phenoxy) is 1. The predicted octanol–water partition coefficient (Wildman–Crippen LogP) is 3.25. The molecule has 31 heavy (non-hydrogen) atoms. The van der Waals surface area contributed by atoms with E-state index in [4.69, 9.17) is 14.1 Å². The van der Waals surface area contributed by atoms with Crippen LogP contribution in [0.1, 0.15) is 40.7 Å². The van der Waals surface area contributed by atoms with E-state index >= 15 is 0 Å². The minimum absolute atomic E-state index is 0.186. The van der Waals surface area contributed by atoms with Crippen LogP contribution >= 0.6 is 0 Å². The molecule has 1 amide bonds. The van der Waals surface area contributed by atoms with Crippen molar-refractivity contribution >= 4 is 28.5 Å². The summed E-state index contributed by atoms with van der Waals surface area (Å²) >= 11 is 0. The van der Waals surface area contributed by atoms with Crippen molar-refractivity contribution in [2.75, 3.05) is 32.6 Å². The summed E-state index contributed by atoms with van der Waals surface area (Å²) in [6.45, 7) is 4.02. The highest BCUT2D eigenvalue weighted by molar-refractivity contribution is 6.03. The van der Waals surface area contributed by atoms with E-state index in [1.54, 1.807) is 16.7 Å². The van der Waals surface area contributed by atoms with Gasteiger partial charge in [0.2, 0.25) is 5.65 Å².